The minimum atomic E-state index is -0.108. The van der Waals surface area contributed by atoms with Crippen LogP contribution in [0.5, 0.6) is 0 Å². The molecule has 18 heavy (non-hydrogen) atoms. The molecule has 1 aliphatic rings. The van der Waals surface area contributed by atoms with Crippen LogP contribution in [-0.4, -0.2) is 35.7 Å². The Bertz CT molecular complexity index is 219. The summed E-state index contributed by atoms with van der Waals surface area (Å²) < 4.78 is 0. The van der Waals surface area contributed by atoms with Crippen molar-refractivity contribution in [3.63, 3.8) is 0 Å². The van der Waals surface area contributed by atoms with E-state index in [0.29, 0.717) is 5.92 Å². The van der Waals surface area contributed by atoms with Gasteiger partial charge in [-0.15, -0.1) is 0 Å². The monoisotopic (exact) mass is 255 g/mol. The number of aliphatic hydroxyl groups is 1. The second kappa shape index (κ2) is 7.49. The molecule has 1 fully saturated rings. The first-order chi connectivity index (χ1) is 8.51. The quantitative estimate of drug-likeness (QED) is 0.715. The van der Waals surface area contributed by atoms with E-state index in [9.17, 15) is 5.11 Å². The normalized spacial score (nSPS) is 27.0. The maximum atomic E-state index is 10.4. The molecule has 0 amide bonds. The molecule has 1 saturated carbocycles. The molecule has 2 heteroatoms. The van der Waals surface area contributed by atoms with Crippen molar-refractivity contribution in [2.24, 2.45) is 11.3 Å². The van der Waals surface area contributed by atoms with E-state index in [1.807, 2.05) is 0 Å². The van der Waals surface area contributed by atoms with Gasteiger partial charge in [-0.1, -0.05) is 40.5 Å². The molecule has 0 radical (unpaired) electrons. The molecule has 0 aromatic rings. The molecule has 0 aromatic heterocycles. The summed E-state index contributed by atoms with van der Waals surface area (Å²) in [5.74, 6) is 0.494. The van der Waals surface area contributed by atoms with Gasteiger partial charge in [-0.3, -0.25) is 0 Å². The Kier molecular flexibility index (Phi) is 6.65. The van der Waals surface area contributed by atoms with Crippen LogP contribution in [0, 0.1) is 11.3 Å². The third-order valence-electron chi connectivity index (χ3n) is 4.56. The number of hydrogen-bond donors (Lipinski definition) is 1. The van der Waals surface area contributed by atoms with Gasteiger partial charge in [0.2, 0.25) is 0 Å². The summed E-state index contributed by atoms with van der Waals surface area (Å²) >= 11 is 0. The lowest BCUT2D eigenvalue weighted by molar-refractivity contribution is 0.0322. The molecule has 0 heterocycles. The first-order valence-electron chi connectivity index (χ1n) is 7.91. The third-order valence-corrected chi connectivity index (χ3v) is 4.56. The van der Waals surface area contributed by atoms with Crippen LogP contribution >= 0.6 is 0 Å². The SMILES string of the molecule is CCCCN(CCCC)CC1CCC(C)(C)C1O. The van der Waals surface area contributed by atoms with Gasteiger partial charge in [0.1, 0.15) is 0 Å². The van der Waals surface area contributed by atoms with Crippen molar-refractivity contribution >= 4 is 0 Å². The molecule has 108 valence electrons. The van der Waals surface area contributed by atoms with Gasteiger partial charge >= 0.3 is 0 Å². The lowest BCUT2D eigenvalue weighted by atomic mass is 9.87. The van der Waals surface area contributed by atoms with Gasteiger partial charge in [-0.2, -0.15) is 0 Å². The van der Waals surface area contributed by atoms with Crippen molar-refractivity contribution in [2.45, 2.75) is 72.3 Å². The molecule has 2 atom stereocenters. The Morgan fingerprint density at radius 2 is 1.67 bits per heavy atom. The maximum Gasteiger partial charge on any atom is 0.0631 e. The molecule has 0 aromatic carbocycles. The van der Waals surface area contributed by atoms with E-state index < -0.39 is 0 Å². The van der Waals surface area contributed by atoms with E-state index in [-0.39, 0.29) is 11.5 Å². The fourth-order valence-corrected chi connectivity index (χ4v) is 3.08. The number of nitrogens with zero attached hydrogens (tertiary/aromatic N) is 1. The Balaban J connectivity index is 2.44. The Morgan fingerprint density at radius 1 is 1.11 bits per heavy atom. The van der Waals surface area contributed by atoms with Crippen molar-refractivity contribution in [3.05, 3.63) is 0 Å². The summed E-state index contributed by atoms with van der Waals surface area (Å²) in [6.45, 7) is 12.4. The molecule has 0 spiro atoms. The first-order valence-corrected chi connectivity index (χ1v) is 7.91. The minimum Gasteiger partial charge on any atom is -0.392 e. The van der Waals surface area contributed by atoms with Gasteiger partial charge in [0.15, 0.2) is 0 Å². The smallest absolute Gasteiger partial charge is 0.0631 e. The van der Waals surface area contributed by atoms with Crippen LogP contribution in [0.25, 0.3) is 0 Å². The Labute approximate surface area is 114 Å². The van der Waals surface area contributed by atoms with Gasteiger partial charge < -0.3 is 10.0 Å². The average Bonchev–Trinajstić information content (AvgIpc) is 2.59. The highest BCUT2D eigenvalue weighted by Crippen LogP contribution is 2.41. The zero-order chi connectivity index (χ0) is 13.6. The summed E-state index contributed by atoms with van der Waals surface area (Å²) in [7, 11) is 0. The number of aliphatic hydroxyl groups excluding tert-OH is 1. The van der Waals surface area contributed by atoms with E-state index in [4.69, 9.17) is 0 Å². The van der Waals surface area contributed by atoms with Crippen molar-refractivity contribution in [2.75, 3.05) is 19.6 Å². The highest BCUT2D eigenvalue weighted by atomic mass is 16.3. The van der Waals surface area contributed by atoms with Crippen LogP contribution in [-0.2, 0) is 0 Å². The fraction of sp³-hybridized carbons (Fsp3) is 1.00. The summed E-state index contributed by atoms with van der Waals surface area (Å²) in [5, 5.41) is 10.4. The molecule has 0 aliphatic heterocycles. The maximum absolute atomic E-state index is 10.4. The Hall–Kier alpha value is -0.0800. The van der Waals surface area contributed by atoms with Crippen LogP contribution in [0.3, 0.4) is 0 Å². The highest BCUT2D eigenvalue weighted by Gasteiger charge is 2.40. The van der Waals surface area contributed by atoms with Crippen molar-refractivity contribution in [1.82, 2.24) is 4.90 Å². The zero-order valence-corrected chi connectivity index (χ0v) is 12.9. The fourth-order valence-electron chi connectivity index (χ4n) is 3.08. The molecule has 1 rings (SSSR count). The highest BCUT2D eigenvalue weighted by molar-refractivity contribution is 4.92. The summed E-state index contributed by atoms with van der Waals surface area (Å²) in [6.07, 6.45) is 7.37. The number of unbranched alkanes of at least 4 members (excludes halogenated alkanes) is 2. The summed E-state index contributed by atoms with van der Waals surface area (Å²) in [4.78, 5) is 2.59. The standard InChI is InChI=1S/C16H33NO/c1-5-7-11-17(12-8-6-2)13-14-9-10-16(3,4)15(14)18/h14-15,18H,5-13H2,1-4H3. The zero-order valence-electron chi connectivity index (χ0n) is 12.9. The van der Waals surface area contributed by atoms with E-state index in [1.54, 1.807) is 0 Å². The van der Waals surface area contributed by atoms with Gasteiger partial charge in [0.05, 0.1) is 6.10 Å². The lowest BCUT2D eigenvalue weighted by Crippen LogP contribution is -2.37. The van der Waals surface area contributed by atoms with Crippen LogP contribution in [0.2, 0.25) is 0 Å². The van der Waals surface area contributed by atoms with Crippen LogP contribution in [0.15, 0.2) is 0 Å². The second-order valence-corrected chi connectivity index (χ2v) is 6.74. The first kappa shape index (κ1) is 16.0. The van der Waals surface area contributed by atoms with E-state index >= 15 is 0 Å². The lowest BCUT2D eigenvalue weighted by Gasteiger charge is -2.30. The Morgan fingerprint density at radius 3 is 2.06 bits per heavy atom. The second-order valence-electron chi connectivity index (χ2n) is 6.74. The molecule has 0 saturated heterocycles. The number of rotatable bonds is 8. The topological polar surface area (TPSA) is 23.5 Å². The van der Waals surface area contributed by atoms with Crippen LogP contribution in [0.1, 0.15) is 66.2 Å². The minimum absolute atomic E-state index is 0.108. The largest absolute Gasteiger partial charge is 0.392 e. The van der Waals surface area contributed by atoms with Crippen molar-refractivity contribution < 1.29 is 5.11 Å². The van der Waals surface area contributed by atoms with Gasteiger partial charge in [0.25, 0.3) is 0 Å². The number of hydrogen-bond acceptors (Lipinski definition) is 2. The molecular formula is C16H33NO. The average molecular weight is 255 g/mol. The molecule has 2 nitrogen and oxygen atoms in total. The van der Waals surface area contributed by atoms with E-state index in [2.05, 4.69) is 32.6 Å². The summed E-state index contributed by atoms with van der Waals surface area (Å²) in [5.41, 5.74) is 0.131. The third kappa shape index (κ3) is 4.55. The predicted octanol–water partition coefficient (Wildman–Crippen LogP) is 3.69. The molecule has 1 aliphatic carbocycles. The van der Waals surface area contributed by atoms with Crippen LogP contribution in [0.4, 0.5) is 0 Å². The van der Waals surface area contributed by atoms with Gasteiger partial charge in [-0.25, -0.2) is 0 Å². The van der Waals surface area contributed by atoms with Gasteiger partial charge in [0, 0.05) is 6.54 Å². The molecule has 2 unspecified atom stereocenters. The molecule has 0 bridgehead atoms. The summed E-state index contributed by atoms with van der Waals surface area (Å²) in [6, 6.07) is 0. The van der Waals surface area contributed by atoms with Gasteiger partial charge in [-0.05, 0) is 50.1 Å². The van der Waals surface area contributed by atoms with E-state index in [0.717, 1.165) is 6.54 Å². The van der Waals surface area contributed by atoms with Crippen molar-refractivity contribution in [3.8, 4) is 0 Å². The van der Waals surface area contributed by atoms with Crippen LogP contribution < -0.4 is 0 Å². The van der Waals surface area contributed by atoms with Crippen molar-refractivity contribution in [1.29, 1.82) is 0 Å². The molecular weight excluding hydrogens is 222 g/mol. The molecule has 1 N–H and O–H groups in total. The van der Waals surface area contributed by atoms with E-state index in [1.165, 1.54) is 51.6 Å². The predicted molar refractivity (Wildman–Crippen MR) is 78.8 cm³/mol.